The largest absolute Gasteiger partial charge is 0.371 e. The van der Waals surface area contributed by atoms with Gasteiger partial charge in [-0.15, -0.1) is 0 Å². The molecular formula is C49H61FN8O3. The highest BCUT2D eigenvalue weighted by atomic mass is 19.1. The number of amides is 3. The van der Waals surface area contributed by atoms with Gasteiger partial charge in [0.05, 0.1) is 23.6 Å². The summed E-state index contributed by atoms with van der Waals surface area (Å²) in [5, 5.41) is 3.66. The second-order valence-electron chi connectivity index (χ2n) is 19.8. The zero-order chi connectivity index (χ0) is 42.0. The number of alkyl halides is 1. The summed E-state index contributed by atoms with van der Waals surface area (Å²) < 4.78 is 15.3. The Morgan fingerprint density at radius 1 is 0.869 bits per heavy atom. The number of aromatic amines is 1. The van der Waals surface area contributed by atoms with Crippen LogP contribution >= 0.6 is 0 Å². The second-order valence-corrected chi connectivity index (χ2v) is 19.8. The van der Waals surface area contributed by atoms with E-state index in [4.69, 9.17) is 4.98 Å². The SMILES string of the molecule is C[C@@H]1Cc2c([nH]c3ccccc23)[C@@H](c2ccc(N3CCC(CN4CCC5(CC4)CCN(c4ccc6c(c4)CN(C4CCC(=O)NC4=O)C6=O)CC5)CC3)cn2)N1CC(C)(C)F. The number of H-pyrrole nitrogens is 1. The number of hydrogen-bond donors (Lipinski definition) is 2. The van der Waals surface area contributed by atoms with Crippen LogP contribution < -0.4 is 15.1 Å². The minimum absolute atomic E-state index is 0.114. The first-order valence-corrected chi connectivity index (χ1v) is 22.9. The molecular weight excluding hydrogens is 768 g/mol. The number of rotatable bonds is 8. The number of aromatic nitrogens is 2. The number of pyridine rings is 1. The molecule has 4 aromatic rings. The third-order valence-corrected chi connectivity index (χ3v) is 15.2. The molecule has 8 heterocycles. The van der Waals surface area contributed by atoms with Crippen LogP contribution in [0.25, 0.3) is 10.9 Å². The van der Waals surface area contributed by atoms with E-state index in [0.29, 0.717) is 36.4 Å². The van der Waals surface area contributed by atoms with Crippen molar-refractivity contribution in [3.05, 3.63) is 88.9 Å². The summed E-state index contributed by atoms with van der Waals surface area (Å²) in [6.45, 7) is 14.0. The average Bonchev–Trinajstić information content (AvgIpc) is 3.78. The monoisotopic (exact) mass is 828 g/mol. The number of anilines is 2. The van der Waals surface area contributed by atoms with Crippen molar-refractivity contribution >= 4 is 40.0 Å². The van der Waals surface area contributed by atoms with Gasteiger partial charge in [-0.2, -0.15) is 0 Å². The first-order chi connectivity index (χ1) is 29.4. The Hall–Kier alpha value is -4.81. The van der Waals surface area contributed by atoms with Gasteiger partial charge in [-0.25, -0.2) is 4.39 Å². The molecule has 4 saturated heterocycles. The van der Waals surface area contributed by atoms with Gasteiger partial charge in [-0.1, -0.05) is 18.2 Å². The van der Waals surface area contributed by atoms with Crippen molar-refractivity contribution < 1.29 is 18.8 Å². The number of nitrogens with zero attached hydrogens (tertiary/aromatic N) is 6. The lowest BCUT2D eigenvalue weighted by Crippen LogP contribution is -2.52. The molecule has 1 spiro atoms. The number of nitrogens with one attached hydrogen (secondary N) is 2. The Kier molecular flexibility index (Phi) is 10.4. The molecule has 322 valence electrons. The molecule has 12 heteroatoms. The van der Waals surface area contributed by atoms with Gasteiger partial charge < -0.3 is 24.6 Å². The van der Waals surface area contributed by atoms with Gasteiger partial charge in [0.25, 0.3) is 5.91 Å². The third kappa shape index (κ3) is 7.83. The first-order valence-electron chi connectivity index (χ1n) is 22.9. The van der Waals surface area contributed by atoms with Gasteiger partial charge >= 0.3 is 0 Å². The highest BCUT2D eigenvalue weighted by Crippen LogP contribution is 2.44. The molecule has 2 aromatic carbocycles. The predicted octanol–water partition coefficient (Wildman–Crippen LogP) is 7.01. The van der Waals surface area contributed by atoms with Crippen molar-refractivity contribution in [1.29, 1.82) is 0 Å². The van der Waals surface area contributed by atoms with Gasteiger partial charge in [0, 0.05) is 86.1 Å². The fourth-order valence-electron chi connectivity index (χ4n) is 11.7. The number of fused-ring (bicyclic) bond motifs is 4. The Bertz CT molecular complexity index is 2290. The number of benzene rings is 2. The minimum atomic E-state index is -1.32. The Morgan fingerprint density at radius 2 is 1.59 bits per heavy atom. The van der Waals surface area contributed by atoms with Crippen molar-refractivity contribution in [2.24, 2.45) is 11.3 Å². The summed E-state index contributed by atoms with van der Waals surface area (Å²) in [7, 11) is 0. The highest BCUT2D eigenvalue weighted by molar-refractivity contribution is 6.05. The fourth-order valence-corrected chi connectivity index (χ4v) is 11.7. The maximum Gasteiger partial charge on any atom is 0.255 e. The topological polar surface area (TPSA) is 108 Å². The summed E-state index contributed by atoms with van der Waals surface area (Å²) in [5.74, 6) is -0.0364. The van der Waals surface area contributed by atoms with E-state index in [1.165, 1.54) is 74.8 Å². The van der Waals surface area contributed by atoms with Crippen LogP contribution in [0.1, 0.15) is 111 Å². The van der Waals surface area contributed by atoms with Crippen LogP contribution in [-0.2, 0) is 22.6 Å². The van der Waals surface area contributed by atoms with E-state index >= 15 is 4.39 Å². The quantitative estimate of drug-likeness (QED) is 0.183. The van der Waals surface area contributed by atoms with Crippen LogP contribution in [0.3, 0.4) is 0 Å². The van der Waals surface area contributed by atoms with E-state index in [-0.39, 0.29) is 36.2 Å². The molecule has 61 heavy (non-hydrogen) atoms. The Labute approximate surface area is 359 Å². The van der Waals surface area contributed by atoms with Crippen molar-refractivity contribution in [2.45, 2.75) is 109 Å². The fraction of sp³-hybridized carbons (Fsp3) is 0.551. The smallest absolute Gasteiger partial charge is 0.255 e. The van der Waals surface area contributed by atoms with E-state index in [2.05, 4.69) is 85.4 Å². The van der Waals surface area contributed by atoms with Gasteiger partial charge in [-0.3, -0.25) is 29.6 Å². The number of imide groups is 1. The van der Waals surface area contributed by atoms with E-state index in [1.54, 1.807) is 18.7 Å². The van der Waals surface area contributed by atoms with E-state index in [1.807, 2.05) is 12.3 Å². The first kappa shape index (κ1) is 40.3. The van der Waals surface area contributed by atoms with E-state index < -0.39 is 11.7 Å². The van der Waals surface area contributed by atoms with E-state index in [9.17, 15) is 14.4 Å². The molecule has 3 amide bonds. The maximum atomic E-state index is 15.3. The summed E-state index contributed by atoms with van der Waals surface area (Å²) in [4.78, 5) is 57.9. The summed E-state index contributed by atoms with van der Waals surface area (Å²) >= 11 is 0. The average molecular weight is 829 g/mol. The van der Waals surface area contributed by atoms with E-state index in [0.717, 1.165) is 60.8 Å². The van der Waals surface area contributed by atoms with Crippen molar-refractivity contribution in [3.63, 3.8) is 0 Å². The number of carbonyl (C=O) groups excluding carboxylic acids is 3. The van der Waals surface area contributed by atoms with Gasteiger partial charge in [0.2, 0.25) is 11.8 Å². The molecule has 10 rings (SSSR count). The molecule has 1 unspecified atom stereocenters. The molecule has 11 nitrogen and oxygen atoms in total. The molecule has 6 aliphatic heterocycles. The lowest BCUT2D eigenvalue weighted by Gasteiger charge is -2.48. The zero-order valence-corrected chi connectivity index (χ0v) is 36.1. The number of halogens is 1. The minimum Gasteiger partial charge on any atom is -0.371 e. The Morgan fingerprint density at radius 3 is 2.31 bits per heavy atom. The number of para-hydroxylation sites is 1. The number of carbonyl (C=O) groups is 3. The Balaban J connectivity index is 0.707. The molecule has 0 aliphatic carbocycles. The molecule has 4 fully saturated rings. The highest BCUT2D eigenvalue weighted by Gasteiger charge is 2.42. The number of piperidine rings is 4. The molecule has 0 saturated carbocycles. The van der Waals surface area contributed by atoms with Crippen LogP contribution in [0.2, 0.25) is 0 Å². The van der Waals surface area contributed by atoms with Gasteiger partial charge in [0.15, 0.2) is 0 Å². The molecule has 0 radical (unpaired) electrons. The predicted molar refractivity (Wildman–Crippen MR) is 236 cm³/mol. The standard InChI is InChI=1S/C49H61FN8O3/c1-32-26-39-38-6-4-5-7-40(38)52-44(39)45(58(32)31-48(2,3)50)41-11-9-36(28-51-41)55-20-14-33(15-21-55)29-54-22-16-49(17-23-54)18-24-56(25-19-49)35-8-10-37-34(27-35)30-57(47(37)61)42-12-13-43(59)53-46(42)60/h4-11,27-28,32-33,42,45,52H,12-26,29-31H2,1-3H3,(H,53,59,60)/t32-,42?,45-/m1/s1. The van der Waals surface area contributed by atoms with Crippen LogP contribution in [0.15, 0.2) is 60.8 Å². The zero-order valence-electron chi connectivity index (χ0n) is 36.1. The molecule has 2 aromatic heterocycles. The third-order valence-electron chi connectivity index (χ3n) is 15.2. The van der Waals surface area contributed by atoms with Gasteiger partial charge in [0.1, 0.15) is 11.7 Å². The molecule has 0 bridgehead atoms. The summed E-state index contributed by atoms with van der Waals surface area (Å²) in [5.41, 5.74) is 7.66. The van der Waals surface area contributed by atoms with Crippen LogP contribution in [0, 0.1) is 11.3 Å². The van der Waals surface area contributed by atoms with Crippen LogP contribution in [0.5, 0.6) is 0 Å². The normalized spacial score (nSPS) is 25.3. The van der Waals surface area contributed by atoms with Crippen molar-refractivity contribution in [1.82, 2.24) is 30.0 Å². The molecule has 2 N–H and O–H groups in total. The lowest BCUT2D eigenvalue weighted by atomic mass is 9.71. The van der Waals surface area contributed by atoms with Crippen LogP contribution in [0.4, 0.5) is 15.8 Å². The molecule has 6 aliphatic rings. The number of hydrogen-bond acceptors (Lipinski definition) is 8. The maximum absolute atomic E-state index is 15.3. The van der Waals surface area contributed by atoms with Crippen molar-refractivity contribution in [3.8, 4) is 0 Å². The summed E-state index contributed by atoms with van der Waals surface area (Å²) in [6, 6.07) is 18.6. The number of likely N-dealkylation sites (tertiary alicyclic amines) is 1. The second kappa shape index (κ2) is 15.8. The summed E-state index contributed by atoms with van der Waals surface area (Å²) in [6.07, 6.45) is 10.9. The van der Waals surface area contributed by atoms with Crippen molar-refractivity contribution in [2.75, 3.05) is 62.2 Å². The lowest BCUT2D eigenvalue weighted by molar-refractivity contribution is -0.136. The van der Waals surface area contributed by atoms with Crippen LogP contribution in [-0.4, -0.2) is 112 Å². The molecule has 3 atom stereocenters. The van der Waals surface area contributed by atoms with Gasteiger partial charge in [-0.05, 0) is 144 Å².